The van der Waals surface area contributed by atoms with Gasteiger partial charge in [-0.05, 0) is 57.9 Å². The summed E-state index contributed by atoms with van der Waals surface area (Å²) in [7, 11) is 0. The number of aromatic nitrogens is 2. The first-order chi connectivity index (χ1) is 13.8. The zero-order valence-electron chi connectivity index (χ0n) is 18.3. The van der Waals surface area contributed by atoms with Gasteiger partial charge in [-0.2, -0.15) is 0 Å². The zero-order chi connectivity index (χ0) is 21.6. The Morgan fingerprint density at radius 3 is 2.31 bits per heavy atom. The lowest BCUT2D eigenvalue weighted by Gasteiger charge is -2.18. The average molecular weight is 417 g/mol. The SMILES string of the molecule is CCN(CC)C(=O)c1ccc(NC(=O)CSc2nc(C)c(C)n2CC(C)C)cc1. The van der Waals surface area contributed by atoms with Crippen LogP contribution in [-0.2, 0) is 11.3 Å². The molecule has 0 aliphatic carbocycles. The van der Waals surface area contributed by atoms with Crippen molar-refractivity contribution in [1.29, 1.82) is 0 Å². The van der Waals surface area contributed by atoms with E-state index in [9.17, 15) is 9.59 Å². The Balaban J connectivity index is 1.97. The summed E-state index contributed by atoms with van der Waals surface area (Å²) in [6, 6.07) is 7.05. The van der Waals surface area contributed by atoms with Crippen LogP contribution in [0.25, 0.3) is 0 Å². The van der Waals surface area contributed by atoms with Gasteiger partial charge in [-0.15, -0.1) is 0 Å². The number of carbonyl (C=O) groups is 2. The largest absolute Gasteiger partial charge is 0.339 e. The number of rotatable bonds is 9. The van der Waals surface area contributed by atoms with Crippen LogP contribution in [0.15, 0.2) is 29.4 Å². The minimum absolute atomic E-state index is 0.00570. The van der Waals surface area contributed by atoms with Crippen LogP contribution in [0.4, 0.5) is 5.69 Å². The van der Waals surface area contributed by atoms with Crippen LogP contribution in [0.5, 0.6) is 0 Å². The van der Waals surface area contributed by atoms with Crippen molar-refractivity contribution in [3.8, 4) is 0 Å². The Bertz CT molecular complexity index is 839. The summed E-state index contributed by atoms with van der Waals surface area (Å²) < 4.78 is 2.19. The zero-order valence-corrected chi connectivity index (χ0v) is 19.1. The van der Waals surface area contributed by atoms with Gasteiger partial charge in [0.25, 0.3) is 5.91 Å². The van der Waals surface area contributed by atoms with Crippen molar-refractivity contribution in [1.82, 2.24) is 14.5 Å². The van der Waals surface area contributed by atoms with Gasteiger partial charge in [0.1, 0.15) is 0 Å². The Morgan fingerprint density at radius 1 is 1.14 bits per heavy atom. The second-order valence-electron chi connectivity index (χ2n) is 7.46. The van der Waals surface area contributed by atoms with Gasteiger partial charge in [-0.3, -0.25) is 9.59 Å². The fourth-order valence-electron chi connectivity index (χ4n) is 3.03. The lowest BCUT2D eigenvalue weighted by molar-refractivity contribution is -0.113. The van der Waals surface area contributed by atoms with Gasteiger partial charge in [0.05, 0.1) is 11.4 Å². The van der Waals surface area contributed by atoms with E-state index in [2.05, 4.69) is 35.6 Å². The van der Waals surface area contributed by atoms with Crippen LogP contribution < -0.4 is 5.32 Å². The lowest BCUT2D eigenvalue weighted by atomic mass is 10.2. The molecule has 0 fully saturated rings. The highest BCUT2D eigenvalue weighted by atomic mass is 32.2. The van der Waals surface area contributed by atoms with Crippen molar-refractivity contribution in [3.05, 3.63) is 41.2 Å². The van der Waals surface area contributed by atoms with Crippen molar-refractivity contribution in [2.24, 2.45) is 5.92 Å². The number of imidazole rings is 1. The van der Waals surface area contributed by atoms with E-state index in [0.29, 0.717) is 30.3 Å². The standard InChI is InChI=1S/C22H32N4O2S/c1-7-25(8-2)21(28)18-9-11-19(12-10-18)24-20(27)14-29-22-23-16(5)17(6)26(22)13-15(3)4/h9-12,15H,7-8,13-14H2,1-6H3,(H,24,27). The molecule has 0 radical (unpaired) electrons. The Morgan fingerprint density at radius 2 is 1.76 bits per heavy atom. The van der Waals surface area contributed by atoms with Crippen LogP contribution in [0.1, 0.15) is 49.4 Å². The molecular formula is C22H32N4O2S. The van der Waals surface area contributed by atoms with E-state index in [1.54, 1.807) is 29.2 Å². The molecule has 1 aromatic carbocycles. The molecule has 0 aliphatic rings. The summed E-state index contributed by atoms with van der Waals surface area (Å²) in [5, 5.41) is 3.77. The number of anilines is 1. The normalized spacial score (nSPS) is 11.0. The number of benzene rings is 1. The molecule has 1 heterocycles. The molecule has 1 N–H and O–H groups in total. The first kappa shape index (κ1) is 23.0. The van der Waals surface area contributed by atoms with E-state index in [1.807, 2.05) is 20.8 Å². The number of nitrogens with zero attached hydrogens (tertiary/aromatic N) is 3. The lowest BCUT2D eigenvalue weighted by Crippen LogP contribution is -2.30. The molecule has 2 amide bonds. The van der Waals surface area contributed by atoms with Crippen molar-refractivity contribution >= 4 is 29.3 Å². The third-order valence-electron chi connectivity index (χ3n) is 4.77. The Kier molecular flexibility index (Phi) is 8.32. The van der Waals surface area contributed by atoms with Crippen molar-refractivity contribution in [2.45, 2.75) is 53.2 Å². The molecule has 6 nitrogen and oxygen atoms in total. The fraction of sp³-hybridized carbons (Fsp3) is 0.500. The van der Waals surface area contributed by atoms with Crippen molar-refractivity contribution in [2.75, 3.05) is 24.2 Å². The molecule has 0 spiro atoms. The van der Waals surface area contributed by atoms with Gasteiger partial charge in [0.15, 0.2) is 5.16 Å². The van der Waals surface area contributed by atoms with Gasteiger partial charge in [-0.1, -0.05) is 25.6 Å². The molecule has 2 rings (SSSR count). The summed E-state index contributed by atoms with van der Waals surface area (Å²) in [5.74, 6) is 0.708. The van der Waals surface area contributed by atoms with Gasteiger partial charge >= 0.3 is 0 Å². The van der Waals surface area contributed by atoms with E-state index in [-0.39, 0.29) is 17.6 Å². The first-order valence-corrected chi connectivity index (χ1v) is 11.1. The van der Waals surface area contributed by atoms with Gasteiger partial charge in [-0.25, -0.2) is 4.98 Å². The Labute approximate surface area is 178 Å². The second-order valence-corrected chi connectivity index (χ2v) is 8.40. The van der Waals surface area contributed by atoms with Crippen molar-refractivity contribution < 1.29 is 9.59 Å². The number of hydrogen-bond donors (Lipinski definition) is 1. The third-order valence-corrected chi connectivity index (χ3v) is 5.75. The molecule has 0 atom stereocenters. The summed E-state index contributed by atoms with van der Waals surface area (Å²) in [5.41, 5.74) is 3.46. The molecule has 7 heteroatoms. The summed E-state index contributed by atoms with van der Waals surface area (Å²) in [4.78, 5) is 31.1. The van der Waals surface area contributed by atoms with E-state index in [4.69, 9.17) is 0 Å². The monoisotopic (exact) mass is 416 g/mol. The molecule has 29 heavy (non-hydrogen) atoms. The van der Waals surface area contributed by atoms with Crippen LogP contribution in [0.2, 0.25) is 0 Å². The van der Waals surface area contributed by atoms with Gasteiger partial charge in [0.2, 0.25) is 5.91 Å². The van der Waals surface area contributed by atoms with Crippen LogP contribution >= 0.6 is 11.8 Å². The highest BCUT2D eigenvalue weighted by Crippen LogP contribution is 2.23. The molecule has 158 valence electrons. The number of nitrogens with one attached hydrogen (secondary N) is 1. The predicted molar refractivity (Wildman–Crippen MR) is 120 cm³/mol. The third kappa shape index (κ3) is 6.10. The highest BCUT2D eigenvalue weighted by Gasteiger charge is 2.15. The molecule has 1 aromatic heterocycles. The predicted octanol–water partition coefficient (Wildman–Crippen LogP) is 4.37. The maximum Gasteiger partial charge on any atom is 0.253 e. The minimum atomic E-state index is -0.0905. The van der Waals surface area contributed by atoms with E-state index in [0.717, 1.165) is 23.1 Å². The topological polar surface area (TPSA) is 67.2 Å². The highest BCUT2D eigenvalue weighted by molar-refractivity contribution is 7.99. The quantitative estimate of drug-likeness (QED) is 0.617. The molecule has 0 saturated heterocycles. The average Bonchev–Trinajstić information content (AvgIpc) is 2.95. The van der Waals surface area contributed by atoms with Crippen molar-refractivity contribution in [3.63, 3.8) is 0 Å². The summed E-state index contributed by atoms with van der Waals surface area (Å²) in [6.07, 6.45) is 0. The number of amides is 2. The van der Waals surface area contributed by atoms with Crippen LogP contribution in [-0.4, -0.2) is 45.1 Å². The molecule has 0 bridgehead atoms. The maximum atomic E-state index is 12.4. The summed E-state index contributed by atoms with van der Waals surface area (Å²) in [6.45, 7) is 14.6. The molecule has 2 aromatic rings. The Hall–Kier alpha value is -2.28. The number of aryl methyl sites for hydroxylation is 1. The fourth-order valence-corrected chi connectivity index (χ4v) is 3.93. The molecule has 0 saturated carbocycles. The van der Waals surface area contributed by atoms with Gasteiger partial charge < -0.3 is 14.8 Å². The maximum absolute atomic E-state index is 12.4. The molecule has 0 unspecified atom stereocenters. The van der Waals surface area contributed by atoms with E-state index >= 15 is 0 Å². The number of thioether (sulfide) groups is 1. The smallest absolute Gasteiger partial charge is 0.253 e. The number of hydrogen-bond acceptors (Lipinski definition) is 4. The van der Waals surface area contributed by atoms with Crippen LogP contribution in [0, 0.1) is 19.8 Å². The summed E-state index contributed by atoms with van der Waals surface area (Å²) >= 11 is 1.45. The van der Waals surface area contributed by atoms with E-state index in [1.165, 1.54) is 11.8 Å². The first-order valence-electron chi connectivity index (χ1n) is 10.1. The molecule has 0 aliphatic heterocycles. The second kappa shape index (κ2) is 10.5. The molecular weight excluding hydrogens is 384 g/mol. The van der Waals surface area contributed by atoms with Gasteiger partial charge in [0, 0.05) is 36.6 Å². The number of carbonyl (C=O) groups excluding carboxylic acids is 2. The van der Waals surface area contributed by atoms with Crippen LogP contribution in [0.3, 0.4) is 0 Å². The minimum Gasteiger partial charge on any atom is -0.339 e. The van der Waals surface area contributed by atoms with E-state index < -0.39 is 0 Å².